The van der Waals surface area contributed by atoms with Gasteiger partial charge in [0.25, 0.3) is 0 Å². The molecule has 0 unspecified atom stereocenters. The Balaban J connectivity index is 1.57. The lowest BCUT2D eigenvalue weighted by atomic mass is 9.99. The third-order valence-electron chi connectivity index (χ3n) is 5.54. The van der Waals surface area contributed by atoms with Gasteiger partial charge in [-0.3, -0.25) is 14.0 Å². The molecule has 0 aliphatic rings. The first-order valence-electron chi connectivity index (χ1n) is 10.5. The minimum atomic E-state index is -0.205. The average molecular weight is 426 g/mol. The molecule has 1 aromatic carbocycles. The van der Waals surface area contributed by atoms with Gasteiger partial charge in [0.05, 0.1) is 11.7 Å². The number of H-pyrrole nitrogens is 1. The Morgan fingerprint density at radius 3 is 2.75 bits per heavy atom. The zero-order valence-electron chi connectivity index (χ0n) is 17.8. The van der Waals surface area contributed by atoms with Crippen LogP contribution < -0.4 is 5.32 Å². The maximum absolute atomic E-state index is 13.6. The minimum absolute atomic E-state index is 0.126. The maximum atomic E-state index is 13.6. The van der Waals surface area contributed by atoms with E-state index in [0.717, 1.165) is 28.3 Å². The number of ketones is 1. The van der Waals surface area contributed by atoms with Crippen LogP contribution in [0.2, 0.25) is 0 Å². The molecule has 4 aromatic heterocycles. The zero-order valence-corrected chi connectivity index (χ0v) is 17.8. The Hall–Kier alpha value is -4.20. The van der Waals surface area contributed by atoms with E-state index in [9.17, 15) is 9.59 Å². The number of nitrogens with one attached hydrogen (secondary N) is 2. The van der Waals surface area contributed by atoms with Crippen LogP contribution in [0.15, 0.2) is 61.3 Å². The third-order valence-corrected chi connectivity index (χ3v) is 5.54. The predicted octanol–water partition coefficient (Wildman–Crippen LogP) is 4.12. The molecule has 8 heteroatoms. The number of nitrogens with zero attached hydrogens (tertiary/aromatic N) is 4. The number of aryl methyl sites for hydroxylation is 1. The van der Waals surface area contributed by atoms with Crippen LogP contribution in [0.3, 0.4) is 0 Å². The Bertz CT molecular complexity index is 1470. The number of rotatable bonds is 5. The molecule has 0 fully saturated rings. The summed E-state index contributed by atoms with van der Waals surface area (Å²) in [5.74, 6) is -0.126. The lowest BCUT2D eigenvalue weighted by Gasteiger charge is -2.07. The van der Waals surface area contributed by atoms with E-state index in [4.69, 9.17) is 0 Å². The van der Waals surface area contributed by atoms with Crippen molar-refractivity contribution < 1.29 is 9.59 Å². The van der Waals surface area contributed by atoms with Crippen LogP contribution in [0.1, 0.15) is 29.3 Å². The van der Waals surface area contributed by atoms with Crippen LogP contribution in [-0.4, -0.2) is 42.7 Å². The van der Waals surface area contributed by atoms with Crippen LogP contribution in [0.5, 0.6) is 0 Å². The standard InChI is InChI=1S/C24H22N6O2/c1-3-8-25-24(32)30-9-7-17-18(5-4-6-21(17)30)22(31)20-13-27-23-19(20)10-15(11-26-23)16-12-28-29(2)14-16/h4-7,9-14H,3,8H2,1-2H3,(H,25,32)(H,26,27). The summed E-state index contributed by atoms with van der Waals surface area (Å²) in [6.45, 7) is 2.60. The van der Waals surface area contributed by atoms with Crippen molar-refractivity contribution in [2.75, 3.05) is 6.54 Å². The number of hydrogen-bond donors (Lipinski definition) is 2. The van der Waals surface area contributed by atoms with Gasteiger partial charge in [-0.05, 0) is 24.6 Å². The first kappa shape index (κ1) is 19.7. The van der Waals surface area contributed by atoms with E-state index in [1.807, 2.05) is 38.4 Å². The first-order valence-corrected chi connectivity index (χ1v) is 10.5. The van der Waals surface area contributed by atoms with Gasteiger partial charge in [-0.2, -0.15) is 5.10 Å². The molecule has 0 spiro atoms. The zero-order chi connectivity index (χ0) is 22.2. The van der Waals surface area contributed by atoms with E-state index in [2.05, 4.69) is 20.4 Å². The third kappa shape index (κ3) is 3.26. The van der Waals surface area contributed by atoms with Crippen molar-refractivity contribution in [2.24, 2.45) is 7.05 Å². The fourth-order valence-electron chi connectivity index (χ4n) is 3.92. The normalized spacial score (nSPS) is 11.3. The van der Waals surface area contributed by atoms with E-state index in [0.29, 0.717) is 28.8 Å². The molecule has 0 saturated heterocycles. The topological polar surface area (TPSA) is 97.6 Å². The number of carbonyl (C=O) groups is 2. The van der Waals surface area contributed by atoms with Crippen molar-refractivity contribution in [2.45, 2.75) is 13.3 Å². The average Bonchev–Trinajstić information content (AvgIpc) is 3.54. The monoisotopic (exact) mass is 426 g/mol. The molecular formula is C24H22N6O2. The molecule has 0 bridgehead atoms. The van der Waals surface area contributed by atoms with E-state index >= 15 is 0 Å². The lowest BCUT2D eigenvalue weighted by Crippen LogP contribution is -2.28. The van der Waals surface area contributed by atoms with Crippen molar-refractivity contribution >= 4 is 33.8 Å². The molecule has 8 nitrogen and oxygen atoms in total. The summed E-state index contributed by atoms with van der Waals surface area (Å²) in [5, 5.41) is 8.56. The van der Waals surface area contributed by atoms with Gasteiger partial charge in [-0.15, -0.1) is 0 Å². The quantitative estimate of drug-likeness (QED) is 0.413. The second-order valence-corrected chi connectivity index (χ2v) is 7.71. The van der Waals surface area contributed by atoms with Crippen molar-refractivity contribution in [3.8, 4) is 11.1 Å². The molecule has 1 amide bonds. The number of hydrogen-bond acceptors (Lipinski definition) is 4. The summed E-state index contributed by atoms with van der Waals surface area (Å²) < 4.78 is 3.27. The molecule has 5 aromatic rings. The molecule has 0 aliphatic heterocycles. The molecule has 0 saturated carbocycles. The summed E-state index contributed by atoms with van der Waals surface area (Å²) >= 11 is 0. The van der Waals surface area contributed by atoms with Gasteiger partial charge in [0.15, 0.2) is 5.78 Å². The second kappa shape index (κ2) is 7.81. The summed E-state index contributed by atoms with van der Waals surface area (Å²) in [6.07, 6.45) is 9.68. The van der Waals surface area contributed by atoms with Crippen molar-refractivity contribution in [3.05, 3.63) is 72.4 Å². The highest BCUT2D eigenvalue weighted by Gasteiger charge is 2.20. The summed E-state index contributed by atoms with van der Waals surface area (Å²) in [6, 6.07) is 8.98. The van der Waals surface area contributed by atoms with Gasteiger partial charge in [-0.1, -0.05) is 19.1 Å². The smallest absolute Gasteiger partial charge is 0.326 e. The van der Waals surface area contributed by atoms with E-state index < -0.39 is 0 Å². The van der Waals surface area contributed by atoms with Crippen LogP contribution in [0, 0.1) is 0 Å². The molecule has 0 radical (unpaired) electrons. The molecule has 0 aliphatic carbocycles. The number of benzene rings is 1. The highest BCUT2D eigenvalue weighted by molar-refractivity contribution is 6.21. The van der Waals surface area contributed by atoms with Crippen LogP contribution in [-0.2, 0) is 7.05 Å². The SMILES string of the molecule is CCCNC(=O)n1ccc2c(C(=O)c3c[nH]c4ncc(-c5cnn(C)c5)cc34)cccc21. The summed E-state index contributed by atoms with van der Waals surface area (Å²) in [5.41, 5.74) is 4.23. The molecule has 0 atom stereocenters. The van der Waals surface area contributed by atoms with Crippen molar-refractivity contribution in [1.82, 2.24) is 29.6 Å². The maximum Gasteiger partial charge on any atom is 0.326 e. The van der Waals surface area contributed by atoms with Crippen LogP contribution in [0.25, 0.3) is 33.1 Å². The fourth-order valence-corrected chi connectivity index (χ4v) is 3.92. The van der Waals surface area contributed by atoms with E-state index in [1.165, 1.54) is 0 Å². The van der Waals surface area contributed by atoms with Gasteiger partial charge >= 0.3 is 6.03 Å². The largest absolute Gasteiger partial charge is 0.345 e. The Labute approximate surface area is 183 Å². The highest BCUT2D eigenvalue weighted by atomic mass is 16.2. The number of aromatic nitrogens is 5. The number of fused-ring (bicyclic) bond motifs is 2. The fraction of sp³-hybridized carbons (Fsp3) is 0.167. The van der Waals surface area contributed by atoms with Crippen LogP contribution in [0.4, 0.5) is 4.79 Å². The lowest BCUT2D eigenvalue weighted by molar-refractivity contribution is 0.104. The second-order valence-electron chi connectivity index (χ2n) is 7.71. The number of amides is 1. The Morgan fingerprint density at radius 2 is 1.97 bits per heavy atom. The molecule has 5 rings (SSSR count). The molecule has 2 N–H and O–H groups in total. The van der Waals surface area contributed by atoms with Crippen molar-refractivity contribution in [1.29, 1.82) is 0 Å². The van der Waals surface area contributed by atoms with Gasteiger partial charge in [0, 0.05) is 71.4 Å². The molecular weight excluding hydrogens is 404 g/mol. The molecule has 160 valence electrons. The highest BCUT2D eigenvalue weighted by Crippen LogP contribution is 2.28. The summed E-state index contributed by atoms with van der Waals surface area (Å²) in [7, 11) is 1.86. The molecule has 32 heavy (non-hydrogen) atoms. The summed E-state index contributed by atoms with van der Waals surface area (Å²) in [4.78, 5) is 33.6. The van der Waals surface area contributed by atoms with E-state index in [1.54, 1.807) is 46.2 Å². The minimum Gasteiger partial charge on any atom is -0.345 e. The first-order chi connectivity index (χ1) is 15.6. The van der Waals surface area contributed by atoms with Gasteiger partial charge < -0.3 is 10.3 Å². The van der Waals surface area contributed by atoms with Crippen LogP contribution >= 0.6 is 0 Å². The number of carbonyl (C=O) groups excluding carboxylic acids is 2. The van der Waals surface area contributed by atoms with Crippen molar-refractivity contribution in [3.63, 3.8) is 0 Å². The van der Waals surface area contributed by atoms with Gasteiger partial charge in [-0.25, -0.2) is 9.78 Å². The van der Waals surface area contributed by atoms with E-state index in [-0.39, 0.29) is 11.8 Å². The Kier molecular flexibility index (Phi) is 4.82. The van der Waals surface area contributed by atoms with Gasteiger partial charge in [0.1, 0.15) is 5.65 Å². The number of pyridine rings is 1. The Morgan fingerprint density at radius 1 is 1.09 bits per heavy atom. The number of aromatic amines is 1. The predicted molar refractivity (Wildman–Crippen MR) is 123 cm³/mol. The van der Waals surface area contributed by atoms with Gasteiger partial charge in [0.2, 0.25) is 0 Å². The molecule has 4 heterocycles.